The lowest BCUT2D eigenvalue weighted by Crippen LogP contribution is -2.41. The van der Waals surface area contributed by atoms with Crippen molar-refractivity contribution >= 4 is 12.4 Å². The minimum absolute atomic E-state index is 0. The average Bonchev–Trinajstić information content (AvgIpc) is 1.65. The first-order valence-electron chi connectivity index (χ1n) is 2.86. The molecule has 4 heteroatoms. The largest absolute Gasteiger partial charge is 0.366 e. The van der Waals surface area contributed by atoms with E-state index in [4.69, 9.17) is 10.2 Å². The number of piperidine rings is 1. The van der Waals surface area contributed by atoms with Crippen LogP contribution in [0.5, 0.6) is 0 Å². The van der Waals surface area contributed by atoms with Gasteiger partial charge >= 0.3 is 0 Å². The zero-order valence-corrected chi connectivity index (χ0v) is 5.95. The normalized spacial score (nSPS) is 24.7. The van der Waals surface area contributed by atoms with E-state index in [1.165, 1.54) is 0 Å². The van der Waals surface area contributed by atoms with Crippen molar-refractivity contribution in [3.63, 3.8) is 0 Å². The molecule has 0 saturated carbocycles. The monoisotopic (exact) mass is 153 g/mol. The van der Waals surface area contributed by atoms with Crippen molar-refractivity contribution in [1.29, 1.82) is 0 Å². The van der Waals surface area contributed by atoms with Crippen LogP contribution in [0.4, 0.5) is 0 Å². The van der Waals surface area contributed by atoms with Gasteiger partial charge in [0.2, 0.25) is 0 Å². The van der Waals surface area contributed by atoms with E-state index in [1.54, 1.807) is 0 Å². The highest BCUT2D eigenvalue weighted by atomic mass is 35.5. The molecule has 1 saturated heterocycles. The van der Waals surface area contributed by atoms with Crippen LogP contribution in [-0.4, -0.2) is 29.1 Å². The van der Waals surface area contributed by atoms with Crippen LogP contribution in [0.2, 0.25) is 0 Å². The Labute approximate surface area is 60.5 Å². The summed E-state index contributed by atoms with van der Waals surface area (Å²) >= 11 is 0. The molecule has 9 heavy (non-hydrogen) atoms. The molecule has 3 N–H and O–H groups in total. The molecule has 1 heterocycles. The van der Waals surface area contributed by atoms with Crippen LogP contribution in [0.1, 0.15) is 12.8 Å². The summed E-state index contributed by atoms with van der Waals surface area (Å²) in [6.07, 6.45) is 0.903. The third kappa shape index (κ3) is 3.01. The summed E-state index contributed by atoms with van der Waals surface area (Å²) in [7, 11) is 0. The highest BCUT2D eigenvalue weighted by Gasteiger charge is 2.24. The SMILES string of the molecule is Cl.OC1(O)CCNCC1. The number of nitrogens with one attached hydrogen (secondary N) is 1. The molecule has 0 bridgehead atoms. The van der Waals surface area contributed by atoms with Gasteiger partial charge in [0.25, 0.3) is 0 Å². The molecule has 0 atom stereocenters. The Hall–Kier alpha value is 0.170. The molecule has 0 aromatic rings. The van der Waals surface area contributed by atoms with Crippen LogP contribution >= 0.6 is 12.4 Å². The van der Waals surface area contributed by atoms with Crippen LogP contribution in [0.15, 0.2) is 0 Å². The number of hydrogen-bond acceptors (Lipinski definition) is 3. The number of aliphatic hydroxyl groups is 2. The Balaban J connectivity index is 0.000000640. The van der Waals surface area contributed by atoms with Crippen molar-refractivity contribution in [3.8, 4) is 0 Å². The van der Waals surface area contributed by atoms with E-state index < -0.39 is 5.79 Å². The van der Waals surface area contributed by atoms with Gasteiger partial charge in [0.15, 0.2) is 5.79 Å². The first-order chi connectivity index (χ1) is 3.71. The summed E-state index contributed by atoms with van der Waals surface area (Å²) in [5, 5.41) is 20.8. The Morgan fingerprint density at radius 3 is 1.78 bits per heavy atom. The molecular formula is C5H12ClNO2. The Bertz CT molecular complexity index is 79.0. The second-order valence-electron chi connectivity index (χ2n) is 2.23. The molecule has 1 fully saturated rings. The van der Waals surface area contributed by atoms with Crippen molar-refractivity contribution in [2.24, 2.45) is 0 Å². The molecule has 0 aliphatic carbocycles. The topological polar surface area (TPSA) is 52.5 Å². The summed E-state index contributed by atoms with van der Waals surface area (Å²) in [4.78, 5) is 0. The zero-order chi connectivity index (χ0) is 6.04. The molecule has 0 aromatic heterocycles. The lowest BCUT2D eigenvalue weighted by molar-refractivity contribution is -0.175. The van der Waals surface area contributed by atoms with E-state index in [2.05, 4.69) is 5.32 Å². The maximum absolute atomic E-state index is 8.89. The van der Waals surface area contributed by atoms with Crippen LogP contribution in [0, 0.1) is 0 Å². The average molecular weight is 154 g/mol. The summed E-state index contributed by atoms with van der Waals surface area (Å²) in [6.45, 7) is 1.43. The lowest BCUT2D eigenvalue weighted by atomic mass is 10.1. The van der Waals surface area contributed by atoms with E-state index in [1.807, 2.05) is 0 Å². The Kier molecular flexibility index (Phi) is 3.43. The fourth-order valence-corrected chi connectivity index (χ4v) is 0.827. The standard InChI is InChI=1S/C5H11NO2.ClH/c7-5(8)1-3-6-4-2-5;/h6-8H,1-4H2;1H. The first-order valence-corrected chi connectivity index (χ1v) is 2.86. The van der Waals surface area contributed by atoms with Crippen molar-refractivity contribution in [2.75, 3.05) is 13.1 Å². The van der Waals surface area contributed by atoms with E-state index in [-0.39, 0.29) is 12.4 Å². The van der Waals surface area contributed by atoms with Gasteiger partial charge < -0.3 is 15.5 Å². The van der Waals surface area contributed by atoms with E-state index >= 15 is 0 Å². The molecule has 56 valence electrons. The first kappa shape index (κ1) is 9.17. The van der Waals surface area contributed by atoms with Crippen molar-refractivity contribution in [3.05, 3.63) is 0 Å². The molecule has 0 spiro atoms. The minimum Gasteiger partial charge on any atom is -0.366 e. The van der Waals surface area contributed by atoms with Crippen LogP contribution in [0.25, 0.3) is 0 Å². The van der Waals surface area contributed by atoms with Gasteiger partial charge in [-0.05, 0) is 0 Å². The van der Waals surface area contributed by atoms with Crippen molar-refractivity contribution in [1.82, 2.24) is 5.32 Å². The van der Waals surface area contributed by atoms with Gasteiger partial charge in [-0.15, -0.1) is 12.4 Å². The van der Waals surface area contributed by atoms with Crippen molar-refractivity contribution < 1.29 is 10.2 Å². The lowest BCUT2D eigenvalue weighted by Gasteiger charge is -2.26. The van der Waals surface area contributed by atoms with Gasteiger partial charge in [0.05, 0.1) is 0 Å². The highest BCUT2D eigenvalue weighted by Crippen LogP contribution is 2.12. The highest BCUT2D eigenvalue weighted by molar-refractivity contribution is 5.85. The fourth-order valence-electron chi connectivity index (χ4n) is 0.827. The number of rotatable bonds is 0. The predicted octanol–water partition coefficient (Wildman–Crippen LogP) is -0.528. The van der Waals surface area contributed by atoms with Crippen molar-refractivity contribution in [2.45, 2.75) is 18.6 Å². The van der Waals surface area contributed by atoms with Crippen LogP contribution < -0.4 is 5.32 Å². The van der Waals surface area contributed by atoms with Gasteiger partial charge in [0, 0.05) is 25.9 Å². The molecular weight excluding hydrogens is 142 g/mol. The predicted molar refractivity (Wildman–Crippen MR) is 36.5 cm³/mol. The third-order valence-electron chi connectivity index (χ3n) is 1.40. The van der Waals surface area contributed by atoms with E-state index in [0.29, 0.717) is 25.9 Å². The summed E-state index contributed by atoms with van der Waals surface area (Å²) in [5.74, 6) is -1.38. The summed E-state index contributed by atoms with van der Waals surface area (Å²) in [6, 6.07) is 0. The quantitative estimate of drug-likeness (QED) is 0.411. The van der Waals surface area contributed by atoms with Gasteiger partial charge in [-0.1, -0.05) is 0 Å². The molecule has 1 aliphatic heterocycles. The Morgan fingerprint density at radius 1 is 1.11 bits per heavy atom. The third-order valence-corrected chi connectivity index (χ3v) is 1.40. The summed E-state index contributed by atoms with van der Waals surface area (Å²) in [5.41, 5.74) is 0. The van der Waals surface area contributed by atoms with Gasteiger partial charge in [0.1, 0.15) is 0 Å². The molecule has 0 aromatic carbocycles. The van der Waals surface area contributed by atoms with E-state index in [9.17, 15) is 0 Å². The van der Waals surface area contributed by atoms with Crippen LogP contribution in [-0.2, 0) is 0 Å². The van der Waals surface area contributed by atoms with Gasteiger partial charge in [-0.3, -0.25) is 0 Å². The van der Waals surface area contributed by atoms with Gasteiger partial charge in [-0.2, -0.15) is 0 Å². The molecule has 3 nitrogen and oxygen atoms in total. The van der Waals surface area contributed by atoms with Gasteiger partial charge in [-0.25, -0.2) is 0 Å². The summed E-state index contributed by atoms with van der Waals surface area (Å²) < 4.78 is 0. The fraction of sp³-hybridized carbons (Fsp3) is 1.00. The second kappa shape index (κ2) is 3.37. The second-order valence-corrected chi connectivity index (χ2v) is 2.23. The van der Waals surface area contributed by atoms with Crippen LogP contribution in [0.3, 0.4) is 0 Å². The molecule has 0 unspecified atom stereocenters. The number of hydrogen-bond donors (Lipinski definition) is 3. The smallest absolute Gasteiger partial charge is 0.164 e. The molecule has 1 aliphatic rings. The number of halogens is 1. The maximum Gasteiger partial charge on any atom is 0.164 e. The minimum atomic E-state index is -1.38. The molecule has 1 rings (SSSR count). The zero-order valence-electron chi connectivity index (χ0n) is 5.13. The Morgan fingerprint density at radius 2 is 1.56 bits per heavy atom. The van der Waals surface area contributed by atoms with E-state index in [0.717, 1.165) is 0 Å². The molecule has 0 amide bonds. The molecule has 0 radical (unpaired) electrons. The maximum atomic E-state index is 8.89.